The summed E-state index contributed by atoms with van der Waals surface area (Å²) in [6.07, 6.45) is 0. The summed E-state index contributed by atoms with van der Waals surface area (Å²) in [6.45, 7) is -0.225. The van der Waals surface area contributed by atoms with Crippen molar-refractivity contribution in [2.24, 2.45) is 0 Å². The molecule has 0 unspecified atom stereocenters. The molecule has 0 saturated carbocycles. The molecule has 0 aliphatic rings. The normalized spacial score (nSPS) is 10.1. The number of phenolic OH excluding ortho intramolecular Hbond substituents is 1. The Kier molecular flexibility index (Phi) is 5.41. The van der Waals surface area contributed by atoms with Gasteiger partial charge < -0.3 is 15.7 Å². The third-order valence-electron chi connectivity index (χ3n) is 2.73. The zero-order valence-electron chi connectivity index (χ0n) is 11.3. The lowest BCUT2D eigenvalue weighted by Crippen LogP contribution is -2.32. The smallest absolute Gasteiger partial charge is 0.251 e. The third-order valence-corrected chi connectivity index (χ3v) is 3.46. The lowest BCUT2D eigenvalue weighted by atomic mass is 10.2. The van der Waals surface area contributed by atoms with Crippen LogP contribution in [0.1, 0.15) is 10.4 Å². The fourth-order valence-electron chi connectivity index (χ4n) is 1.70. The molecule has 0 spiro atoms. The van der Waals surface area contributed by atoms with Gasteiger partial charge in [0.1, 0.15) is 5.75 Å². The van der Waals surface area contributed by atoms with Crippen LogP contribution in [0.4, 0.5) is 5.69 Å². The van der Waals surface area contributed by atoms with Gasteiger partial charge in [-0.15, -0.1) is 0 Å². The van der Waals surface area contributed by atoms with Crippen LogP contribution in [0, 0.1) is 0 Å². The van der Waals surface area contributed by atoms with E-state index in [-0.39, 0.29) is 23.9 Å². The molecule has 0 aromatic heterocycles. The number of carbonyl (C=O) groups excluding carboxylic acids is 2. The molecule has 2 amide bonds. The first-order chi connectivity index (χ1) is 10.5. The van der Waals surface area contributed by atoms with Crippen molar-refractivity contribution in [2.45, 2.75) is 0 Å². The van der Waals surface area contributed by atoms with E-state index in [1.807, 2.05) is 0 Å². The van der Waals surface area contributed by atoms with E-state index in [9.17, 15) is 14.7 Å². The maximum atomic E-state index is 11.9. The van der Waals surface area contributed by atoms with Gasteiger partial charge in [0, 0.05) is 15.1 Å². The number of amides is 2. The van der Waals surface area contributed by atoms with Crippen molar-refractivity contribution in [3.05, 3.63) is 57.5 Å². The molecule has 2 aromatic rings. The standard InChI is InChI=1S/C15H12BrClN2O3/c16-10-3-1-2-9(6-10)15(22)18-8-14(21)19-12-7-11(17)4-5-13(12)20/h1-7,20H,8H2,(H,18,22)(H,19,21). The van der Waals surface area contributed by atoms with Crippen molar-refractivity contribution in [1.29, 1.82) is 0 Å². The van der Waals surface area contributed by atoms with E-state index in [1.165, 1.54) is 18.2 Å². The van der Waals surface area contributed by atoms with Crippen LogP contribution < -0.4 is 10.6 Å². The van der Waals surface area contributed by atoms with E-state index in [2.05, 4.69) is 26.6 Å². The molecule has 0 fully saturated rings. The molecule has 0 saturated heterocycles. The lowest BCUT2D eigenvalue weighted by molar-refractivity contribution is -0.115. The van der Waals surface area contributed by atoms with Crippen LogP contribution >= 0.6 is 27.5 Å². The molecular formula is C15H12BrClN2O3. The second-order valence-corrected chi connectivity index (χ2v) is 5.75. The molecule has 0 aliphatic carbocycles. The summed E-state index contributed by atoms with van der Waals surface area (Å²) in [7, 11) is 0. The molecule has 0 atom stereocenters. The average Bonchev–Trinajstić information content (AvgIpc) is 2.48. The van der Waals surface area contributed by atoms with Gasteiger partial charge in [0.05, 0.1) is 12.2 Å². The summed E-state index contributed by atoms with van der Waals surface area (Å²) < 4.78 is 0.772. The monoisotopic (exact) mass is 382 g/mol. The number of rotatable bonds is 4. The molecule has 2 aromatic carbocycles. The number of hydrogen-bond donors (Lipinski definition) is 3. The minimum absolute atomic E-state index is 0.101. The van der Waals surface area contributed by atoms with Gasteiger partial charge in [0.2, 0.25) is 5.91 Å². The molecule has 0 bridgehead atoms. The number of nitrogens with one attached hydrogen (secondary N) is 2. The van der Waals surface area contributed by atoms with Gasteiger partial charge in [-0.25, -0.2) is 0 Å². The highest BCUT2D eigenvalue weighted by atomic mass is 79.9. The van der Waals surface area contributed by atoms with Gasteiger partial charge in [0.15, 0.2) is 0 Å². The SMILES string of the molecule is O=C(CNC(=O)c1cccc(Br)c1)Nc1cc(Cl)ccc1O. The van der Waals surface area contributed by atoms with Crippen LogP contribution in [0.25, 0.3) is 0 Å². The highest BCUT2D eigenvalue weighted by Crippen LogP contribution is 2.26. The van der Waals surface area contributed by atoms with Crippen LogP contribution in [0.5, 0.6) is 5.75 Å². The molecule has 22 heavy (non-hydrogen) atoms. The molecule has 0 radical (unpaired) electrons. The number of anilines is 1. The average molecular weight is 384 g/mol. The summed E-state index contributed by atoms with van der Waals surface area (Å²) in [6, 6.07) is 11.1. The largest absolute Gasteiger partial charge is 0.506 e. The summed E-state index contributed by atoms with van der Waals surface area (Å²) in [4.78, 5) is 23.7. The van der Waals surface area contributed by atoms with Crippen molar-refractivity contribution in [3.8, 4) is 5.75 Å². The zero-order chi connectivity index (χ0) is 16.1. The number of phenols is 1. The lowest BCUT2D eigenvalue weighted by Gasteiger charge is -2.09. The summed E-state index contributed by atoms with van der Waals surface area (Å²) in [5.74, 6) is -0.941. The van der Waals surface area contributed by atoms with Crippen molar-refractivity contribution in [1.82, 2.24) is 5.32 Å². The molecule has 2 rings (SSSR count). The maximum absolute atomic E-state index is 11.9. The Morgan fingerprint density at radius 2 is 1.95 bits per heavy atom. The van der Waals surface area contributed by atoms with E-state index >= 15 is 0 Å². The highest BCUT2D eigenvalue weighted by molar-refractivity contribution is 9.10. The fourth-order valence-corrected chi connectivity index (χ4v) is 2.27. The van der Waals surface area contributed by atoms with Crippen molar-refractivity contribution >= 4 is 45.0 Å². The minimum Gasteiger partial charge on any atom is -0.506 e. The van der Waals surface area contributed by atoms with Crippen LogP contribution in [-0.2, 0) is 4.79 Å². The summed E-state index contributed by atoms with van der Waals surface area (Å²) in [5, 5.41) is 15.0. The number of hydrogen-bond acceptors (Lipinski definition) is 3. The van der Waals surface area contributed by atoms with Gasteiger partial charge in [-0.2, -0.15) is 0 Å². The molecular weight excluding hydrogens is 372 g/mol. The van der Waals surface area contributed by atoms with Crippen molar-refractivity contribution in [3.63, 3.8) is 0 Å². The van der Waals surface area contributed by atoms with Crippen LogP contribution in [0.15, 0.2) is 46.9 Å². The number of benzene rings is 2. The summed E-state index contributed by atoms with van der Waals surface area (Å²) >= 11 is 9.06. The second-order valence-electron chi connectivity index (χ2n) is 4.40. The Morgan fingerprint density at radius 3 is 2.68 bits per heavy atom. The Morgan fingerprint density at radius 1 is 1.18 bits per heavy atom. The quantitative estimate of drug-likeness (QED) is 0.710. The summed E-state index contributed by atoms with van der Waals surface area (Å²) in [5.41, 5.74) is 0.627. The van der Waals surface area contributed by atoms with E-state index in [0.29, 0.717) is 10.6 Å². The predicted octanol–water partition coefficient (Wildman–Crippen LogP) is 3.18. The molecule has 0 heterocycles. The Hall–Kier alpha value is -2.05. The van der Waals surface area contributed by atoms with Crippen LogP contribution in [0.2, 0.25) is 5.02 Å². The van der Waals surface area contributed by atoms with E-state index in [4.69, 9.17) is 11.6 Å². The van der Waals surface area contributed by atoms with Crippen LogP contribution in [-0.4, -0.2) is 23.5 Å². The second kappa shape index (κ2) is 7.29. The molecule has 114 valence electrons. The first-order valence-electron chi connectivity index (χ1n) is 6.28. The zero-order valence-corrected chi connectivity index (χ0v) is 13.6. The fraction of sp³-hybridized carbons (Fsp3) is 0.0667. The van der Waals surface area contributed by atoms with Crippen LogP contribution in [0.3, 0.4) is 0 Å². The minimum atomic E-state index is -0.471. The molecule has 7 heteroatoms. The van der Waals surface area contributed by atoms with Gasteiger partial charge >= 0.3 is 0 Å². The predicted molar refractivity (Wildman–Crippen MR) is 88.2 cm³/mol. The molecule has 0 aliphatic heterocycles. The third kappa shape index (κ3) is 4.47. The van der Waals surface area contributed by atoms with Gasteiger partial charge in [-0.1, -0.05) is 33.6 Å². The van der Waals surface area contributed by atoms with Crippen molar-refractivity contribution in [2.75, 3.05) is 11.9 Å². The number of carbonyl (C=O) groups is 2. The first-order valence-corrected chi connectivity index (χ1v) is 7.45. The maximum Gasteiger partial charge on any atom is 0.251 e. The Bertz CT molecular complexity index is 722. The van der Waals surface area contributed by atoms with Crippen molar-refractivity contribution < 1.29 is 14.7 Å². The van der Waals surface area contributed by atoms with Gasteiger partial charge in [0.25, 0.3) is 5.91 Å². The van der Waals surface area contributed by atoms with E-state index in [1.54, 1.807) is 24.3 Å². The molecule has 3 N–H and O–H groups in total. The molecule has 5 nitrogen and oxygen atoms in total. The van der Waals surface area contributed by atoms with E-state index in [0.717, 1.165) is 4.47 Å². The topological polar surface area (TPSA) is 78.4 Å². The van der Waals surface area contributed by atoms with E-state index < -0.39 is 5.91 Å². The Labute approximate surface area is 140 Å². The van der Waals surface area contributed by atoms with Gasteiger partial charge in [-0.3, -0.25) is 9.59 Å². The number of halogens is 2. The number of aromatic hydroxyl groups is 1. The first kappa shape index (κ1) is 16.3. The Balaban J connectivity index is 1.93. The highest BCUT2D eigenvalue weighted by Gasteiger charge is 2.10. The van der Waals surface area contributed by atoms with Gasteiger partial charge in [-0.05, 0) is 36.4 Å².